The smallest absolute Gasteiger partial charge is 0.0408 e. The van der Waals surface area contributed by atoms with Crippen molar-refractivity contribution < 1.29 is 0 Å². The first-order valence-electron chi connectivity index (χ1n) is 5.70. The quantitative estimate of drug-likeness (QED) is 0.895. The molecule has 0 spiro atoms. The fraction of sp³-hybridized carbons (Fsp3) is 0.538. The summed E-state index contributed by atoms with van der Waals surface area (Å²) in [6.07, 6.45) is 0. The Kier molecular flexibility index (Phi) is 7.80. The van der Waals surface area contributed by atoms with Crippen LogP contribution in [0.25, 0.3) is 0 Å². The van der Waals surface area contributed by atoms with Crippen molar-refractivity contribution >= 4 is 24.0 Å². The lowest BCUT2D eigenvalue weighted by atomic mass is 10.0. The number of benzene rings is 1. The van der Waals surface area contributed by atoms with Gasteiger partial charge in [-0.1, -0.05) is 30.7 Å². The Morgan fingerprint density at radius 1 is 1.35 bits per heavy atom. The van der Waals surface area contributed by atoms with E-state index in [-0.39, 0.29) is 12.4 Å². The summed E-state index contributed by atoms with van der Waals surface area (Å²) < 4.78 is 0. The van der Waals surface area contributed by atoms with E-state index >= 15 is 0 Å². The number of nitrogens with two attached hydrogens (primary N) is 1. The minimum Gasteiger partial charge on any atom is -0.329 e. The highest BCUT2D eigenvalue weighted by Crippen LogP contribution is 2.20. The lowest BCUT2D eigenvalue weighted by Gasteiger charge is -2.26. The van der Waals surface area contributed by atoms with E-state index in [1.807, 2.05) is 18.2 Å². The van der Waals surface area contributed by atoms with Gasteiger partial charge in [0.2, 0.25) is 0 Å². The minimum atomic E-state index is 0. The van der Waals surface area contributed by atoms with Gasteiger partial charge in [0.15, 0.2) is 0 Å². The molecule has 0 heterocycles. The molecule has 4 heteroatoms. The molecule has 2 N–H and O–H groups in total. The number of nitrogens with zero attached hydrogens (tertiary/aromatic N) is 1. The molecule has 0 fully saturated rings. The molecule has 0 saturated heterocycles. The van der Waals surface area contributed by atoms with Crippen molar-refractivity contribution in [1.29, 1.82) is 0 Å². The van der Waals surface area contributed by atoms with Crippen molar-refractivity contribution in [3.05, 3.63) is 34.9 Å². The Labute approximate surface area is 116 Å². The summed E-state index contributed by atoms with van der Waals surface area (Å²) in [5.41, 5.74) is 6.93. The molecule has 0 saturated carbocycles. The Bertz CT molecular complexity index is 331. The summed E-state index contributed by atoms with van der Waals surface area (Å²) in [4.78, 5) is 2.28. The number of rotatable bonds is 5. The number of hydrogen-bond donors (Lipinski definition) is 1. The van der Waals surface area contributed by atoms with Crippen molar-refractivity contribution in [1.82, 2.24) is 4.90 Å². The maximum Gasteiger partial charge on any atom is 0.0408 e. The number of hydrogen-bond acceptors (Lipinski definition) is 2. The molecule has 0 aliphatic carbocycles. The third kappa shape index (κ3) is 5.26. The molecular weight excluding hydrogens is 255 g/mol. The van der Waals surface area contributed by atoms with Crippen LogP contribution in [0.3, 0.4) is 0 Å². The monoisotopic (exact) mass is 276 g/mol. The van der Waals surface area contributed by atoms with Gasteiger partial charge in [0.25, 0.3) is 0 Å². The van der Waals surface area contributed by atoms with Crippen molar-refractivity contribution in [3.8, 4) is 0 Å². The lowest BCUT2D eigenvalue weighted by Crippen LogP contribution is -2.37. The average Bonchev–Trinajstić information content (AvgIpc) is 2.27. The Balaban J connectivity index is 0.00000256. The van der Waals surface area contributed by atoms with Crippen LogP contribution in [0.5, 0.6) is 0 Å². The van der Waals surface area contributed by atoms with E-state index in [0.717, 1.165) is 11.6 Å². The van der Waals surface area contributed by atoms with Gasteiger partial charge in [-0.3, -0.25) is 0 Å². The van der Waals surface area contributed by atoms with Gasteiger partial charge in [-0.05, 0) is 37.6 Å². The lowest BCUT2D eigenvalue weighted by molar-refractivity contribution is 0.251. The van der Waals surface area contributed by atoms with Gasteiger partial charge in [-0.15, -0.1) is 12.4 Å². The molecule has 2 nitrogen and oxygen atoms in total. The SMILES string of the molecule is CC(CN(C)C(C)CN)c1cccc(Cl)c1.Cl. The van der Waals surface area contributed by atoms with Crippen LogP contribution in [0.2, 0.25) is 5.02 Å². The molecule has 0 aromatic heterocycles. The van der Waals surface area contributed by atoms with E-state index in [1.54, 1.807) is 0 Å². The van der Waals surface area contributed by atoms with Crippen molar-refractivity contribution in [3.63, 3.8) is 0 Å². The van der Waals surface area contributed by atoms with Crippen molar-refractivity contribution in [2.45, 2.75) is 25.8 Å². The van der Waals surface area contributed by atoms with Gasteiger partial charge in [0.05, 0.1) is 0 Å². The summed E-state index contributed by atoms with van der Waals surface area (Å²) in [5, 5.41) is 0.805. The highest BCUT2D eigenvalue weighted by molar-refractivity contribution is 6.30. The first-order valence-corrected chi connectivity index (χ1v) is 6.08. The van der Waals surface area contributed by atoms with E-state index in [1.165, 1.54) is 5.56 Å². The second-order valence-corrected chi connectivity index (χ2v) is 4.92. The van der Waals surface area contributed by atoms with Crippen molar-refractivity contribution in [2.75, 3.05) is 20.1 Å². The Hall–Kier alpha value is -0.280. The molecule has 17 heavy (non-hydrogen) atoms. The van der Waals surface area contributed by atoms with Crippen LogP contribution in [0.15, 0.2) is 24.3 Å². The van der Waals surface area contributed by atoms with E-state index in [4.69, 9.17) is 17.3 Å². The van der Waals surface area contributed by atoms with Crippen LogP contribution in [0.1, 0.15) is 25.3 Å². The maximum atomic E-state index is 5.98. The van der Waals surface area contributed by atoms with E-state index in [0.29, 0.717) is 18.5 Å². The average molecular weight is 277 g/mol. The molecule has 2 unspecified atom stereocenters. The van der Waals surface area contributed by atoms with Crippen LogP contribution >= 0.6 is 24.0 Å². The van der Waals surface area contributed by atoms with Gasteiger partial charge in [0.1, 0.15) is 0 Å². The highest BCUT2D eigenvalue weighted by Gasteiger charge is 2.12. The van der Waals surface area contributed by atoms with Crippen LogP contribution < -0.4 is 5.73 Å². The maximum absolute atomic E-state index is 5.98. The van der Waals surface area contributed by atoms with Crippen LogP contribution in [0, 0.1) is 0 Å². The fourth-order valence-electron chi connectivity index (χ4n) is 1.71. The Morgan fingerprint density at radius 2 is 2.00 bits per heavy atom. The minimum absolute atomic E-state index is 0. The molecule has 2 atom stereocenters. The van der Waals surface area contributed by atoms with Crippen LogP contribution in [0.4, 0.5) is 0 Å². The summed E-state index contributed by atoms with van der Waals surface area (Å²) in [6.45, 7) is 6.05. The molecule has 0 amide bonds. The number of likely N-dealkylation sites (N-methyl/N-ethyl adjacent to an activating group) is 1. The van der Waals surface area contributed by atoms with E-state index in [2.05, 4.69) is 31.9 Å². The van der Waals surface area contributed by atoms with Crippen LogP contribution in [-0.4, -0.2) is 31.1 Å². The summed E-state index contributed by atoms with van der Waals surface area (Å²) in [5.74, 6) is 0.470. The normalized spacial score (nSPS) is 14.2. The van der Waals surface area contributed by atoms with E-state index < -0.39 is 0 Å². The molecule has 1 rings (SSSR count). The molecule has 1 aromatic rings. The number of halogens is 2. The summed E-state index contributed by atoms with van der Waals surface area (Å²) in [6, 6.07) is 8.48. The second kappa shape index (κ2) is 7.93. The van der Waals surface area contributed by atoms with Crippen molar-refractivity contribution in [2.24, 2.45) is 5.73 Å². The molecule has 98 valence electrons. The standard InChI is InChI=1S/C13H21ClN2.ClH/c1-10(9-16(3)11(2)8-15)12-5-4-6-13(14)7-12;/h4-7,10-11H,8-9,15H2,1-3H3;1H. The fourth-order valence-corrected chi connectivity index (χ4v) is 1.91. The molecule has 0 aliphatic rings. The predicted octanol–water partition coefficient (Wildman–Crippen LogP) is 3.14. The van der Waals surface area contributed by atoms with E-state index in [9.17, 15) is 0 Å². The highest BCUT2D eigenvalue weighted by atomic mass is 35.5. The zero-order chi connectivity index (χ0) is 12.1. The third-order valence-corrected chi connectivity index (χ3v) is 3.31. The zero-order valence-corrected chi connectivity index (χ0v) is 12.3. The molecule has 0 aliphatic heterocycles. The third-order valence-electron chi connectivity index (χ3n) is 3.07. The van der Waals surface area contributed by atoms with Gasteiger partial charge < -0.3 is 10.6 Å². The first-order chi connectivity index (χ1) is 7.54. The molecule has 1 aromatic carbocycles. The molecular formula is C13H22Cl2N2. The summed E-state index contributed by atoms with van der Waals surface area (Å²) in [7, 11) is 2.11. The predicted molar refractivity (Wildman–Crippen MR) is 78.3 cm³/mol. The van der Waals surface area contributed by atoms with Gasteiger partial charge in [-0.2, -0.15) is 0 Å². The van der Waals surface area contributed by atoms with Gasteiger partial charge >= 0.3 is 0 Å². The second-order valence-electron chi connectivity index (χ2n) is 4.48. The van der Waals surface area contributed by atoms with Gasteiger partial charge in [-0.25, -0.2) is 0 Å². The van der Waals surface area contributed by atoms with Gasteiger partial charge in [0, 0.05) is 24.2 Å². The largest absolute Gasteiger partial charge is 0.329 e. The Morgan fingerprint density at radius 3 is 2.53 bits per heavy atom. The summed E-state index contributed by atoms with van der Waals surface area (Å²) >= 11 is 5.98. The zero-order valence-electron chi connectivity index (χ0n) is 10.7. The van der Waals surface area contributed by atoms with Crippen LogP contribution in [-0.2, 0) is 0 Å². The molecule has 0 bridgehead atoms. The molecule has 0 radical (unpaired) electrons. The first kappa shape index (κ1) is 16.7. The topological polar surface area (TPSA) is 29.3 Å².